The third kappa shape index (κ3) is 4.92. The average molecular weight is 388 g/mol. The van der Waals surface area contributed by atoms with Crippen LogP contribution in [-0.4, -0.2) is 56.5 Å². The summed E-state index contributed by atoms with van der Waals surface area (Å²) in [6.07, 6.45) is 0. The van der Waals surface area contributed by atoms with Gasteiger partial charge in [-0.1, -0.05) is 17.7 Å². The Morgan fingerprint density at radius 2 is 1.78 bits per heavy atom. The van der Waals surface area contributed by atoms with Crippen LogP contribution < -0.4 is 15.0 Å². The summed E-state index contributed by atoms with van der Waals surface area (Å²) in [5, 5.41) is 3.27. The number of carbonyl (C=O) groups is 2. The fraction of sp³-hybridized carbons (Fsp3) is 0.300. The van der Waals surface area contributed by atoms with Crippen LogP contribution in [0.15, 0.2) is 48.5 Å². The molecule has 0 bridgehead atoms. The maximum absolute atomic E-state index is 12.4. The Balaban J connectivity index is 1.47. The van der Waals surface area contributed by atoms with Crippen LogP contribution in [0, 0.1) is 0 Å². The average Bonchev–Trinajstić information content (AvgIpc) is 2.72. The van der Waals surface area contributed by atoms with E-state index in [0.29, 0.717) is 29.4 Å². The zero-order chi connectivity index (χ0) is 19.2. The fourth-order valence-corrected chi connectivity index (χ4v) is 3.15. The lowest BCUT2D eigenvalue weighted by Crippen LogP contribution is -2.50. The number of benzene rings is 2. The minimum atomic E-state index is -0.157. The molecule has 142 valence electrons. The van der Waals surface area contributed by atoms with E-state index in [4.69, 9.17) is 16.3 Å². The van der Waals surface area contributed by atoms with Crippen molar-refractivity contribution < 1.29 is 14.3 Å². The highest BCUT2D eigenvalue weighted by atomic mass is 35.5. The SMILES string of the molecule is CNC(=O)c1ccc(OCC(=O)N2CCN(c3cccc(Cl)c3)CC2)cc1. The normalized spacial score (nSPS) is 14.0. The lowest BCUT2D eigenvalue weighted by molar-refractivity contribution is -0.133. The van der Waals surface area contributed by atoms with Gasteiger partial charge in [-0.15, -0.1) is 0 Å². The zero-order valence-corrected chi connectivity index (χ0v) is 15.9. The monoisotopic (exact) mass is 387 g/mol. The van der Waals surface area contributed by atoms with Gasteiger partial charge in [-0.05, 0) is 42.5 Å². The van der Waals surface area contributed by atoms with E-state index in [1.54, 1.807) is 36.2 Å². The molecule has 1 aliphatic heterocycles. The maximum Gasteiger partial charge on any atom is 0.260 e. The van der Waals surface area contributed by atoms with Gasteiger partial charge in [0.2, 0.25) is 0 Å². The summed E-state index contributed by atoms with van der Waals surface area (Å²) < 4.78 is 5.56. The second-order valence-electron chi connectivity index (χ2n) is 6.24. The fourth-order valence-electron chi connectivity index (χ4n) is 2.97. The lowest BCUT2D eigenvalue weighted by Gasteiger charge is -2.36. The molecule has 3 rings (SSSR count). The van der Waals surface area contributed by atoms with Crippen LogP contribution in [0.5, 0.6) is 5.75 Å². The number of ether oxygens (including phenoxy) is 1. The van der Waals surface area contributed by atoms with Crippen molar-refractivity contribution in [2.75, 3.05) is 44.7 Å². The van der Waals surface area contributed by atoms with Gasteiger partial charge in [-0.25, -0.2) is 0 Å². The number of carbonyl (C=O) groups excluding carboxylic acids is 2. The highest BCUT2D eigenvalue weighted by Crippen LogP contribution is 2.21. The molecule has 2 aromatic rings. The van der Waals surface area contributed by atoms with Gasteiger partial charge in [0, 0.05) is 49.5 Å². The van der Waals surface area contributed by atoms with Crippen molar-refractivity contribution >= 4 is 29.1 Å². The van der Waals surface area contributed by atoms with E-state index in [1.807, 2.05) is 24.3 Å². The molecular weight excluding hydrogens is 366 g/mol. The standard InChI is InChI=1S/C20H22ClN3O3/c1-22-20(26)15-5-7-18(8-6-15)27-14-19(25)24-11-9-23(10-12-24)17-4-2-3-16(21)13-17/h2-8,13H,9-12,14H2,1H3,(H,22,26). The van der Waals surface area contributed by atoms with Gasteiger partial charge in [0.15, 0.2) is 6.61 Å². The maximum atomic E-state index is 12.4. The summed E-state index contributed by atoms with van der Waals surface area (Å²) in [5.41, 5.74) is 1.62. The smallest absolute Gasteiger partial charge is 0.260 e. The summed E-state index contributed by atoms with van der Waals surface area (Å²) in [6.45, 7) is 2.78. The second-order valence-corrected chi connectivity index (χ2v) is 6.68. The van der Waals surface area contributed by atoms with Crippen LogP contribution in [0.25, 0.3) is 0 Å². The molecule has 2 amide bonds. The number of hydrogen-bond donors (Lipinski definition) is 1. The molecule has 1 heterocycles. The van der Waals surface area contributed by atoms with Gasteiger partial charge in [0.25, 0.3) is 11.8 Å². The number of rotatable bonds is 5. The zero-order valence-electron chi connectivity index (χ0n) is 15.2. The van der Waals surface area contributed by atoms with Crippen molar-refractivity contribution in [3.63, 3.8) is 0 Å². The molecule has 1 N–H and O–H groups in total. The van der Waals surface area contributed by atoms with Gasteiger partial charge in [0.05, 0.1) is 0 Å². The Hall–Kier alpha value is -2.73. The topological polar surface area (TPSA) is 61.9 Å². The van der Waals surface area contributed by atoms with Crippen molar-refractivity contribution in [1.29, 1.82) is 0 Å². The van der Waals surface area contributed by atoms with E-state index in [0.717, 1.165) is 18.8 Å². The van der Waals surface area contributed by atoms with Crippen molar-refractivity contribution in [3.8, 4) is 5.75 Å². The number of nitrogens with one attached hydrogen (secondary N) is 1. The minimum absolute atomic E-state index is 0.0174. The molecule has 1 fully saturated rings. The van der Waals surface area contributed by atoms with E-state index >= 15 is 0 Å². The third-order valence-electron chi connectivity index (χ3n) is 4.51. The first-order chi connectivity index (χ1) is 13.1. The predicted octanol–water partition coefficient (Wildman–Crippen LogP) is 2.43. The van der Waals surface area contributed by atoms with E-state index in [2.05, 4.69) is 10.2 Å². The molecule has 2 aromatic carbocycles. The number of halogens is 1. The number of nitrogens with zero attached hydrogens (tertiary/aromatic N) is 2. The van der Waals surface area contributed by atoms with Gasteiger partial charge in [0.1, 0.15) is 5.75 Å². The second kappa shape index (κ2) is 8.77. The number of amides is 2. The Morgan fingerprint density at radius 3 is 2.41 bits per heavy atom. The number of piperazine rings is 1. The Labute approximate surface area is 163 Å². The number of anilines is 1. The minimum Gasteiger partial charge on any atom is -0.484 e. The predicted molar refractivity (Wildman–Crippen MR) is 106 cm³/mol. The molecule has 27 heavy (non-hydrogen) atoms. The molecule has 0 aromatic heterocycles. The molecule has 1 saturated heterocycles. The first-order valence-corrected chi connectivity index (χ1v) is 9.18. The molecule has 6 nitrogen and oxygen atoms in total. The third-order valence-corrected chi connectivity index (χ3v) is 4.75. The highest BCUT2D eigenvalue weighted by Gasteiger charge is 2.21. The molecule has 0 saturated carbocycles. The molecule has 7 heteroatoms. The van der Waals surface area contributed by atoms with E-state index < -0.39 is 0 Å². The molecule has 0 atom stereocenters. The lowest BCUT2D eigenvalue weighted by atomic mass is 10.2. The first kappa shape index (κ1) is 19.0. The highest BCUT2D eigenvalue weighted by molar-refractivity contribution is 6.30. The quantitative estimate of drug-likeness (QED) is 0.856. The van der Waals surface area contributed by atoms with Gasteiger partial charge < -0.3 is 19.9 Å². The number of hydrogen-bond acceptors (Lipinski definition) is 4. The summed E-state index contributed by atoms with van der Waals surface area (Å²) in [7, 11) is 1.58. The van der Waals surface area contributed by atoms with Crippen LogP contribution in [0.2, 0.25) is 5.02 Å². The van der Waals surface area contributed by atoms with E-state index in [9.17, 15) is 9.59 Å². The van der Waals surface area contributed by atoms with Gasteiger partial charge in [-0.2, -0.15) is 0 Å². The largest absolute Gasteiger partial charge is 0.484 e. The van der Waals surface area contributed by atoms with Crippen molar-refractivity contribution in [2.45, 2.75) is 0 Å². The van der Waals surface area contributed by atoms with Crippen molar-refractivity contribution in [2.24, 2.45) is 0 Å². The summed E-state index contributed by atoms with van der Waals surface area (Å²) in [6, 6.07) is 14.5. The molecule has 0 unspecified atom stereocenters. The Kier molecular flexibility index (Phi) is 6.19. The van der Waals surface area contributed by atoms with Crippen LogP contribution in [0.1, 0.15) is 10.4 Å². The molecular formula is C20H22ClN3O3. The van der Waals surface area contributed by atoms with Crippen LogP contribution >= 0.6 is 11.6 Å². The molecule has 0 spiro atoms. The van der Waals surface area contributed by atoms with Crippen LogP contribution in [-0.2, 0) is 4.79 Å². The van der Waals surface area contributed by atoms with Crippen LogP contribution in [0.3, 0.4) is 0 Å². The Morgan fingerprint density at radius 1 is 1.07 bits per heavy atom. The van der Waals surface area contributed by atoms with Crippen molar-refractivity contribution in [3.05, 3.63) is 59.1 Å². The molecule has 0 radical (unpaired) electrons. The molecule has 1 aliphatic rings. The van der Waals surface area contributed by atoms with E-state index in [-0.39, 0.29) is 18.4 Å². The van der Waals surface area contributed by atoms with E-state index in [1.165, 1.54) is 0 Å². The van der Waals surface area contributed by atoms with Crippen molar-refractivity contribution in [1.82, 2.24) is 10.2 Å². The summed E-state index contributed by atoms with van der Waals surface area (Å²) in [5.74, 6) is 0.361. The molecule has 0 aliphatic carbocycles. The van der Waals surface area contributed by atoms with Crippen LogP contribution in [0.4, 0.5) is 5.69 Å². The summed E-state index contributed by atoms with van der Waals surface area (Å²) >= 11 is 6.05. The summed E-state index contributed by atoms with van der Waals surface area (Å²) in [4.78, 5) is 27.9. The first-order valence-electron chi connectivity index (χ1n) is 8.80. The van der Waals surface area contributed by atoms with Gasteiger partial charge >= 0.3 is 0 Å². The Bertz CT molecular complexity index is 802. The van der Waals surface area contributed by atoms with Gasteiger partial charge in [-0.3, -0.25) is 9.59 Å².